The summed E-state index contributed by atoms with van der Waals surface area (Å²) in [5.74, 6) is -1.70. The molecule has 0 unspecified atom stereocenters. The first-order chi connectivity index (χ1) is 7.56. The Labute approximate surface area is 93.7 Å². The Hall–Kier alpha value is -1.43. The number of hydroxylamine groups is 2. The Balaban J connectivity index is 2.44. The third-order valence-electron chi connectivity index (χ3n) is 2.36. The molecule has 16 heavy (non-hydrogen) atoms. The van der Waals surface area contributed by atoms with E-state index < -0.39 is 23.8 Å². The summed E-state index contributed by atoms with van der Waals surface area (Å²) in [6, 6.07) is -0.777. The van der Waals surface area contributed by atoms with Gasteiger partial charge in [-0.15, -0.1) is 5.06 Å². The molecule has 0 aromatic rings. The van der Waals surface area contributed by atoms with Crippen LogP contribution in [0, 0.1) is 0 Å². The number of rotatable bonds is 5. The number of imide groups is 1. The van der Waals surface area contributed by atoms with Gasteiger partial charge in [-0.05, 0) is 6.42 Å². The Morgan fingerprint density at radius 1 is 1.44 bits per heavy atom. The van der Waals surface area contributed by atoms with Gasteiger partial charge in [-0.1, -0.05) is 19.8 Å². The van der Waals surface area contributed by atoms with Gasteiger partial charge in [-0.2, -0.15) is 0 Å². The van der Waals surface area contributed by atoms with E-state index in [2.05, 4.69) is 4.84 Å². The van der Waals surface area contributed by atoms with Crippen LogP contribution < -0.4 is 5.73 Å². The summed E-state index contributed by atoms with van der Waals surface area (Å²) in [4.78, 5) is 38.4. The number of carbonyl (C=O) groups is 3. The van der Waals surface area contributed by atoms with E-state index in [-0.39, 0.29) is 12.8 Å². The van der Waals surface area contributed by atoms with E-state index >= 15 is 0 Å². The van der Waals surface area contributed by atoms with Gasteiger partial charge < -0.3 is 10.6 Å². The van der Waals surface area contributed by atoms with Crippen LogP contribution in [0.4, 0.5) is 0 Å². The molecule has 0 radical (unpaired) electrons. The van der Waals surface area contributed by atoms with E-state index in [1.807, 2.05) is 6.92 Å². The van der Waals surface area contributed by atoms with Crippen LogP contribution in [0.3, 0.4) is 0 Å². The maximum Gasteiger partial charge on any atom is 0.349 e. The normalized spacial score (nSPS) is 17.8. The van der Waals surface area contributed by atoms with Gasteiger partial charge in [0, 0.05) is 12.8 Å². The van der Waals surface area contributed by atoms with Gasteiger partial charge in [-0.3, -0.25) is 9.59 Å². The summed E-state index contributed by atoms with van der Waals surface area (Å²) < 4.78 is 0. The standard InChI is InChI=1S/C10H16N2O4/c1-2-3-4-7(11)10(15)16-12-8(13)5-6-9(12)14/h7H,2-6,11H2,1H3/t7-/m0/s1. The number of nitrogens with two attached hydrogens (primary N) is 1. The van der Waals surface area contributed by atoms with E-state index in [9.17, 15) is 14.4 Å². The molecule has 0 aromatic carbocycles. The molecule has 1 aliphatic heterocycles. The van der Waals surface area contributed by atoms with Crippen LogP contribution in [-0.2, 0) is 19.2 Å². The molecule has 0 bridgehead atoms. The molecule has 1 saturated heterocycles. The van der Waals surface area contributed by atoms with Crippen molar-refractivity contribution in [2.24, 2.45) is 5.73 Å². The summed E-state index contributed by atoms with van der Waals surface area (Å²) in [7, 11) is 0. The predicted molar refractivity (Wildman–Crippen MR) is 54.7 cm³/mol. The quantitative estimate of drug-likeness (QED) is 0.674. The average Bonchev–Trinajstić information content (AvgIpc) is 2.57. The van der Waals surface area contributed by atoms with E-state index in [0.29, 0.717) is 11.5 Å². The van der Waals surface area contributed by atoms with Crippen molar-refractivity contribution in [3.8, 4) is 0 Å². The zero-order chi connectivity index (χ0) is 12.1. The minimum absolute atomic E-state index is 0.0936. The predicted octanol–water partition coefficient (Wildman–Crippen LogP) is 0.111. The molecule has 0 spiro atoms. The van der Waals surface area contributed by atoms with Crippen molar-refractivity contribution < 1.29 is 19.2 Å². The zero-order valence-electron chi connectivity index (χ0n) is 9.27. The fourth-order valence-corrected chi connectivity index (χ4v) is 1.36. The molecule has 2 N–H and O–H groups in total. The Morgan fingerprint density at radius 2 is 2.00 bits per heavy atom. The molecule has 6 nitrogen and oxygen atoms in total. The van der Waals surface area contributed by atoms with E-state index in [4.69, 9.17) is 5.73 Å². The highest BCUT2D eigenvalue weighted by Crippen LogP contribution is 2.13. The van der Waals surface area contributed by atoms with Crippen molar-refractivity contribution in [3.05, 3.63) is 0 Å². The lowest BCUT2D eigenvalue weighted by molar-refractivity contribution is -0.198. The van der Waals surface area contributed by atoms with Gasteiger partial charge in [0.15, 0.2) is 0 Å². The van der Waals surface area contributed by atoms with Crippen LogP contribution in [0.2, 0.25) is 0 Å². The largest absolute Gasteiger partial charge is 0.349 e. The molecule has 1 rings (SSSR count). The van der Waals surface area contributed by atoms with Crippen LogP contribution in [0.1, 0.15) is 39.0 Å². The van der Waals surface area contributed by atoms with Crippen molar-refractivity contribution in [2.45, 2.75) is 45.1 Å². The lowest BCUT2D eigenvalue weighted by atomic mass is 10.1. The summed E-state index contributed by atoms with van der Waals surface area (Å²) in [6.07, 6.45) is 2.40. The third-order valence-corrected chi connectivity index (χ3v) is 2.36. The van der Waals surface area contributed by atoms with Gasteiger partial charge >= 0.3 is 5.97 Å². The minimum Gasteiger partial charge on any atom is -0.329 e. The number of hydrogen-bond donors (Lipinski definition) is 1. The fourth-order valence-electron chi connectivity index (χ4n) is 1.36. The second-order valence-corrected chi connectivity index (χ2v) is 3.74. The smallest absolute Gasteiger partial charge is 0.329 e. The van der Waals surface area contributed by atoms with E-state index in [1.165, 1.54) is 0 Å². The molecule has 1 aliphatic rings. The number of unbranched alkanes of at least 4 members (excludes halogenated alkanes) is 1. The Morgan fingerprint density at radius 3 is 2.50 bits per heavy atom. The van der Waals surface area contributed by atoms with Gasteiger partial charge in [0.1, 0.15) is 6.04 Å². The van der Waals surface area contributed by atoms with Crippen molar-refractivity contribution >= 4 is 17.8 Å². The Kier molecular flexibility index (Phi) is 4.42. The number of amides is 2. The third kappa shape index (κ3) is 3.03. The molecule has 1 heterocycles. The molecule has 0 saturated carbocycles. The molecular formula is C10H16N2O4. The maximum atomic E-state index is 11.4. The lowest BCUT2D eigenvalue weighted by Crippen LogP contribution is -2.40. The summed E-state index contributed by atoms with van der Waals surface area (Å²) >= 11 is 0. The van der Waals surface area contributed by atoms with Crippen molar-refractivity contribution in [2.75, 3.05) is 0 Å². The topological polar surface area (TPSA) is 89.7 Å². The Bertz CT molecular complexity index is 287. The second kappa shape index (κ2) is 5.60. The monoisotopic (exact) mass is 228 g/mol. The van der Waals surface area contributed by atoms with Crippen molar-refractivity contribution in [1.29, 1.82) is 0 Å². The van der Waals surface area contributed by atoms with Crippen LogP contribution in [0.15, 0.2) is 0 Å². The van der Waals surface area contributed by atoms with Crippen LogP contribution in [-0.4, -0.2) is 28.9 Å². The highest BCUT2D eigenvalue weighted by Gasteiger charge is 2.33. The van der Waals surface area contributed by atoms with Crippen LogP contribution in [0.25, 0.3) is 0 Å². The molecule has 0 aromatic heterocycles. The molecule has 6 heteroatoms. The van der Waals surface area contributed by atoms with Crippen LogP contribution >= 0.6 is 0 Å². The van der Waals surface area contributed by atoms with Gasteiger partial charge in [0.25, 0.3) is 11.8 Å². The maximum absolute atomic E-state index is 11.4. The van der Waals surface area contributed by atoms with E-state index in [1.54, 1.807) is 0 Å². The zero-order valence-corrected chi connectivity index (χ0v) is 9.27. The van der Waals surface area contributed by atoms with Gasteiger partial charge in [-0.25, -0.2) is 4.79 Å². The van der Waals surface area contributed by atoms with E-state index in [0.717, 1.165) is 12.8 Å². The fraction of sp³-hybridized carbons (Fsp3) is 0.700. The first-order valence-electron chi connectivity index (χ1n) is 5.39. The number of nitrogens with zero attached hydrogens (tertiary/aromatic N) is 1. The molecule has 1 fully saturated rings. The van der Waals surface area contributed by atoms with Crippen molar-refractivity contribution in [3.63, 3.8) is 0 Å². The van der Waals surface area contributed by atoms with Gasteiger partial charge in [0.2, 0.25) is 0 Å². The average molecular weight is 228 g/mol. The molecule has 90 valence electrons. The minimum atomic E-state index is -0.777. The highest BCUT2D eigenvalue weighted by molar-refractivity contribution is 6.01. The second-order valence-electron chi connectivity index (χ2n) is 3.74. The summed E-state index contributed by atoms with van der Waals surface area (Å²) in [6.45, 7) is 1.98. The molecular weight excluding hydrogens is 212 g/mol. The first kappa shape index (κ1) is 12.6. The van der Waals surface area contributed by atoms with Crippen LogP contribution in [0.5, 0.6) is 0 Å². The first-order valence-corrected chi connectivity index (χ1v) is 5.39. The number of carbonyl (C=O) groups excluding carboxylic acids is 3. The lowest BCUT2D eigenvalue weighted by Gasteiger charge is -2.15. The van der Waals surface area contributed by atoms with Crippen molar-refractivity contribution in [1.82, 2.24) is 5.06 Å². The summed E-state index contributed by atoms with van der Waals surface area (Å²) in [5, 5.41) is 0.522. The molecule has 2 amide bonds. The molecule has 0 aliphatic carbocycles. The highest BCUT2D eigenvalue weighted by atomic mass is 16.7. The summed E-state index contributed by atoms with van der Waals surface area (Å²) in [5.41, 5.74) is 5.55. The molecule has 1 atom stereocenters. The van der Waals surface area contributed by atoms with Gasteiger partial charge in [0.05, 0.1) is 0 Å². The SMILES string of the molecule is CCCC[C@H](N)C(=O)ON1C(=O)CCC1=O. The number of hydrogen-bond acceptors (Lipinski definition) is 5.